The number of amides is 2. The minimum absolute atomic E-state index is 0.273. The number of nitrogens with zero attached hydrogens (tertiary/aromatic N) is 3. The van der Waals surface area contributed by atoms with Gasteiger partial charge in [0.15, 0.2) is 0 Å². The number of hydrogen-bond donors (Lipinski definition) is 5. The van der Waals surface area contributed by atoms with E-state index >= 15 is 0 Å². The Kier molecular flexibility index (Phi) is 5.20. The van der Waals surface area contributed by atoms with Crippen LogP contribution in [0.4, 0.5) is 22.0 Å². The quantitative estimate of drug-likeness (QED) is 0.365. The van der Waals surface area contributed by atoms with Gasteiger partial charge in [-0.2, -0.15) is 0 Å². The number of fused-ring (bicyclic) bond motifs is 1. The van der Waals surface area contributed by atoms with E-state index in [2.05, 4.69) is 41.5 Å². The number of benzene rings is 1. The molecule has 156 valence electrons. The molecule has 0 radical (unpaired) electrons. The lowest BCUT2D eigenvalue weighted by Crippen LogP contribution is -2.61. The molecule has 2 aromatic heterocycles. The zero-order valence-electron chi connectivity index (χ0n) is 15.9. The molecule has 1 aliphatic rings. The molecule has 0 atom stereocenters. The van der Waals surface area contributed by atoms with Crippen LogP contribution in [-0.2, 0) is 4.79 Å². The predicted molar refractivity (Wildman–Crippen MR) is 116 cm³/mol. The number of nitrogens with one attached hydrogen (secondary N) is 3. The summed E-state index contributed by atoms with van der Waals surface area (Å²) in [5.41, 5.74) is 6.27. The van der Waals surface area contributed by atoms with Crippen molar-refractivity contribution >= 4 is 56.2 Å². The highest BCUT2D eigenvalue weighted by atomic mass is 79.9. The number of piperidine rings is 1. The lowest BCUT2D eigenvalue weighted by atomic mass is 9.86. The third-order valence-electron chi connectivity index (χ3n) is 5.33. The molecule has 10 nitrogen and oxygen atoms in total. The zero-order valence-corrected chi connectivity index (χ0v) is 17.4. The van der Waals surface area contributed by atoms with E-state index in [1.807, 2.05) is 11.0 Å². The first-order valence-electron chi connectivity index (χ1n) is 9.29. The number of aromatic nitrogens is 3. The van der Waals surface area contributed by atoms with Crippen LogP contribution in [0.15, 0.2) is 41.3 Å². The van der Waals surface area contributed by atoms with Gasteiger partial charge in [-0.05, 0) is 47.0 Å². The molecule has 30 heavy (non-hydrogen) atoms. The fourth-order valence-corrected chi connectivity index (χ4v) is 4.08. The van der Waals surface area contributed by atoms with Crippen LogP contribution in [0.25, 0.3) is 11.0 Å². The van der Waals surface area contributed by atoms with Crippen molar-refractivity contribution in [3.8, 4) is 0 Å². The number of H-pyrrole nitrogens is 1. The van der Waals surface area contributed by atoms with Gasteiger partial charge in [0.2, 0.25) is 5.91 Å². The lowest BCUT2D eigenvalue weighted by Gasteiger charge is -2.41. The fourth-order valence-electron chi connectivity index (χ4n) is 3.71. The van der Waals surface area contributed by atoms with Crippen LogP contribution in [0.3, 0.4) is 0 Å². The Hall–Kier alpha value is -3.34. The molecular weight excluding hydrogens is 454 g/mol. The van der Waals surface area contributed by atoms with E-state index in [1.54, 1.807) is 24.4 Å². The number of aromatic amines is 1. The summed E-state index contributed by atoms with van der Waals surface area (Å²) in [7, 11) is 0. The molecule has 0 spiro atoms. The number of para-hydroxylation sites is 1. The Labute approximate surface area is 180 Å². The molecule has 1 saturated heterocycles. The van der Waals surface area contributed by atoms with Crippen molar-refractivity contribution < 1.29 is 14.7 Å². The molecule has 0 bridgehead atoms. The van der Waals surface area contributed by atoms with Gasteiger partial charge in [-0.1, -0.05) is 6.07 Å². The maximum atomic E-state index is 13.1. The van der Waals surface area contributed by atoms with Gasteiger partial charge >= 0.3 is 6.09 Å². The number of rotatable bonds is 4. The molecule has 0 saturated carbocycles. The third-order valence-corrected chi connectivity index (χ3v) is 6.02. The highest BCUT2D eigenvalue weighted by Gasteiger charge is 2.43. The van der Waals surface area contributed by atoms with Crippen LogP contribution in [-0.4, -0.2) is 50.7 Å². The van der Waals surface area contributed by atoms with E-state index in [1.165, 1.54) is 6.33 Å². The van der Waals surface area contributed by atoms with Crippen LogP contribution in [0.1, 0.15) is 12.8 Å². The molecular formula is C19H20BrN7O3. The van der Waals surface area contributed by atoms with Crippen molar-refractivity contribution in [1.82, 2.24) is 20.3 Å². The average Bonchev–Trinajstić information content (AvgIpc) is 3.20. The first-order chi connectivity index (χ1) is 14.4. The summed E-state index contributed by atoms with van der Waals surface area (Å²) in [6, 6.07) is 7.07. The summed E-state index contributed by atoms with van der Waals surface area (Å²) in [4.78, 5) is 38.3. The Bertz CT molecular complexity index is 1110. The highest BCUT2D eigenvalue weighted by molar-refractivity contribution is 9.10. The number of carbonyl (C=O) groups is 2. The monoisotopic (exact) mass is 473 g/mol. The number of hydrogen-bond acceptors (Lipinski definition) is 6. The molecule has 4 rings (SSSR count). The largest absolute Gasteiger partial charge is 0.465 e. The summed E-state index contributed by atoms with van der Waals surface area (Å²) >= 11 is 3.33. The molecule has 3 heterocycles. The van der Waals surface area contributed by atoms with Crippen LogP contribution in [0, 0.1) is 0 Å². The maximum absolute atomic E-state index is 13.1. The van der Waals surface area contributed by atoms with E-state index in [0.717, 1.165) is 16.9 Å². The van der Waals surface area contributed by atoms with Gasteiger partial charge in [0.1, 0.15) is 23.3 Å². The second-order valence-electron chi connectivity index (χ2n) is 7.09. The van der Waals surface area contributed by atoms with E-state index < -0.39 is 17.5 Å². The lowest BCUT2D eigenvalue weighted by molar-refractivity contribution is -0.123. The number of carboxylic acid groups (broad SMARTS) is 1. The molecule has 6 N–H and O–H groups in total. The Morgan fingerprint density at radius 3 is 2.73 bits per heavy atom. The van der Waals surface area contributed by atoms with Crippen molar-refractivity contribution in [2.45, 2.75) is 18.4 Å². The summed E-state index contributed by atoms with van der Waals surface area (Å²) in [6.07, 6.45) is 2.56. The van der Waals surface area contributed by atoms with Crippen LogP contribution >= 0.6 is 15.9 Å². The maximum Gasteiger partial charge on any atom is 0.405 e. The summed E-state index contributed by atoms with van der Waals surface area (Å²) < 4.78 is 0.648. The summed E-state index contributed by atoms with van der Waals surface area (Å²) in [5, 5.41) is 15.5. The van der Waals surface area contributed by atoms with Gasteiger partial charge in [-0.25, -0.2) is 14.8 Å². The Morgan fingerprint density at radius 2 is 2.00 bits per heavy atom. The van der Waals surface area contributed by atoms with Gasteiger partial charge in [0.05, 0.1) is 16.8 Å². The molecule has 1 fully saturated rings. The molecule has 2 amide bonds. The number of nitrogen functional groups attached to an aromatic ring is 1. The number of halogens is 1. The van der Waals surface area contributed by atoms with Crippen molar-refractivity contribution in [3.05, 3.63) is 41.3 Å². The number of carbonyl (C=O) groups excluding carboxylic acids is 1. The van der Waals surface area contributed by atoms with Gasteiger partial charge in [-0.3, -0.25) is 4.79 Å². The van der Waals surface area contributed by atoms with Crippen LogP contribution in [0.2, 0.25) is 0 Å². The van der Waals surface area contributed by atoms with Crippen LogP contribution < -0.4 is 21.3 Å². The van der Waals surface area contributed by atoms with Crippen molar-refractivity contribution in [2.75, 3.05) is 29.0 Å². The molecule has 11 heteroatoms. The number of anilines is 3. The molecule has 0 unspecified atom stereocenters. The molecule has 1 aromatic carbocycles. The van der Waals surface area contributed by atoms with Crippen molar-refractivity contribution in [3.63, 3.8) is 0 Å². The molecule has 0 aliphatic carbocycles. The smallest absolute Gasteiger partial charge is 0.405 e. The van der Waals surface area contributed by atoms with Gasteiger partial charge in [0.25, 0.3) is 0 Å². The topological polar surface area (TPSA) is 149 Å². The van der Waals surface area contributed by atoms with Gasteiger partial charge in [0, 0.05) is 23.8 Å². The van der Waals surface area contributed by atoms with E-state index in [-0.39, 0.29) is 12.8 Å². The summed E-state index contributed by atoms with van der Waals surface area (Å²) in [6.45, 7) is 0.887. The van der Waals surface area contributed by atoms with Gasteiger partial charge in [-0.15, -0.1) is 0 Å². The third kappa shape index (κ3) is 3.63. The predicted octanol–water partition coefficient (Wildman–Crippen LogP) is 2.55. The molecule has 1 aliphatic heterocycles. The van der Waals surface area contributed by atoms with Gasteiger partial charge < -0.3 is 31.4 Å². The second kappa shape index (κ2) is 7.82. The second-order valence-corrected chi connectivity index (χ2v) is 7.95. The number of nitrogens with two attached hydrogens (primary N) is 1. The standard InChI is InChI=1S/C19H20BrN7O3/c20-12-2-1-3-13(14(12)21)25-17(28)19(26-18(29)30)5-8-27(9-6-19)16-11-4-7-22-15(11)23-10-24-16/h1-4,7,10,26H,5-6,8-9,21H2,(H,25,28)(H,29,30)(H,22,23,24). The summed E-state index contributed by atoms with van der Waals surface area (Å²) in [5.74, 6) is 0.311. The Balaban J connectivity index is 1.56. The van der Waals surface area contributed by atoms with Crippen LogP contribution in [0.5, 0.6) is 0 Å². The highest BCUT2D eigenvalue weighted by Crippen LogP contribution is 2.32. The fraction of sp³-hybridized carbons (Fsp3) is 0.263. The van der Waals surface area contributed by atoms with Crippen molar-refractivity contribution in [1.29, 1.82) is 0 Å². The molecule has 3 aromatic rings. The average molecular weight is 474 g/mol. The minimum Gasteiger partial charge on any atom is -0.465 e. The Morgan fingerprint density at radius 1 is 1.23 bits per heavy atom. The SMILES string of the molecule is Nc1c(Br)cccc1NC(=O)C1(NC(=O)O)CCN(c2ncnc3[nH]ccc23)CC1. The minimum atomic E-state index is -1.28. The normalized spacial score (nSPS) is 15.7. The van der Waals surface area contributed by atoms with E-state index in [0.29, 0.717) is 28.9 Å². The van der Waals surface area contributed by atoms with E-state index in [9.17, 15) is 14.7 Å². The first-order valence-corrected chi connectivity index (χ1v) is 10.1. The zero-order chi connectivity index (χ0) is 21.3. The van der Waals surface area contributed by atoms with Crippen molar-refractivity contribution in [2.24, 2.45) is 0 Å². The first kappa shape index (κ1) is 20.0. The van der Waals surface area contributed by atoms with E-state index in [4.69, 9.17) is 5.73 Å².